The molecule has 1 fully saturated rings. The summed E-state index contributed by atoms with van der Waals surface area (Å²) in [4.78, 5) is 0. The van der Waals surface area contributed by atoms with Crippen molar-refractivity contribution in [1.82, 2.24) is 0 Å². The molecule has 2 atom stereocenters. The van der Waals surface area contributed by atoms with Gasteiger partial charge in [-0.15, -0.1) is 0 Å². The first-order valence-corrected chi connectivity index (χ1v) is 7.22. The van der Waals surface area contributed by atoms with Gasteiger partial charge < -0.3 is 5.21 Å². The lowest BCUT2D eigenvalue weighted by molar-refractivity contribution is 0.284. The predicted octanol–water partition coefficient (Wildman–Crippen LogP) is 4.70. The van der Waals surface area contributed by atoms with Crippen LogP contribution < -0.4 is 0 Å². The summed E-state index contributed by atoms with van der Waals surface area (Å²) < 4.78 is 0. The van der Waals surface area contributed by atoms with Crippen LogP contribution in [0.5, 0.6) is 0 Å². The molecule has 2 unspecified atom stereocenters. The fourth-order valence-electron chi connectivity index (χ4n) is 3.37. The van der Waals surface area contributed by atoms with E-state index in [9.17, 15) is 0 Å². The molecule has 0 spiro atoms. The van der Waals surface area contributed by atoms with Crippen molar-refractivity contribution in [3.63, 3.8) is 0 Å². The van der Waals surface area contributed by atoms with Crippen LogP contribution in [-0.2, 0) is 0 Å². The topological polar surface area (TPSA) is 32.6 Å². The molecular weight excluding hydrogens is 222 g/mol. The summed E-state index contributed by atoms with van der Waals surface area (Å²) in [6, 6.07) is 0. The third-order valence-electron chi connectivity index (χ3n) is 4.34. The van der Waals surface area contributed by atoms with E-state index in [0.717, 1.165) is 24.5 Å². The minimum atomic E-state index is 0.524. The second-order valence-electron chi connectivity index (χ2n) is 5.97. The lowest BCUT2D eigenvalue weighted by atomic mass is 9.70. The molecule has 18 heavy (non-hydrogen) atoms. The number of fused-ring (bicyclic) bond motifs is 1. The van der Waals surface area contributed by atoms with E-state index in [0.29, 0.717) is 5.92 Å². The summed E-state index contributed by atoms with van der Waals surface area (Å²) in [6.07, 6.45) is 12.9. The highest BCUT2D eigenvalue weighted by atomic mass is 16.4. The summed E-state index contributed by atoms with van der Waals surface area (Å²) in [7, 11) is 0. The number of allylic oxidation sites excluding steroid dienone is 4. The highest BCUT2D eigenvalue weighted by molar-refractivity contribution is 5.87. The van der Waals surface area contributed by atoms with E-state index >= 15 is 0 Å². The predicted molar refractivity (Wildman–Crippen MR) is 76.0 cm³/mol. The van der Waals surface area contributed by atoms with E-state index in [4.69, 9.17) is 5.21 Å². The first-order chi connectivity index (χ1) is 8.70. The molecule has 0 amide bonds. The molecule has 0 aromatic carbocycles. The van der Waals surface area contributed by atoms with Crippen LogP contribution in [0, 0.1) is 11.8 Å². The second-order valence-corrected chi connectivity index (χ2v) is 5.97. The third kappa shape index (κ3) is 3.24. The highest BCUT2D eigenvalue weighted by Gasteiger charge is 2.32. The van der Waals surface area contributed by atoms with Gasteiger partial charge in [-0.3, -0.25) is 0 Å². The van der Waals surface area contributed by atoms with Gasteiger partial charge in [0.1, 0.15) is 0 Å². The quantitative estimate of drug-likeness (QED) is 0.437. The molecule has 0 aliphatic heterocycles. The van der Waals surface area contributed by atoms with Crippen molar-refractivity contribution in [3.8, 4) is 0 Å². The molecule has 0 saturated heterocycles. The first-order valence-electron chi connectivity index (χ1n) is 7.22. The Hall–Kier alpha value is -1.05. The maximum absolute atomic E-state index is 9.06. The number of oxime groups is 1. The van der Waals surface area contributed by atoms with Crippen molar-refractivity contribution < 1.29 is 5.21 Å². The maximum Gasteiger partial charge on any atom is 0.0607 e. The van der Waals surface area contributed by atoms with Gasteiger partial charge in [0, 0.05) is 5.92 Å². The number of hydrogen-bond donors (Lipinski definition) is 1. The normalized spacial score (nSPS) is 29.7. The zero-order valence-corrected chi connectivity index (χ0v) is 11.7. The molecular formula is C16H25NO. The van der Waals surface area contributed by atoms with Gasteiger partial charge >= 0.3 is 0 Å². The van der Waals surface area contributed by atoms with E-state index in [1.165, 1.54) is 37.7 Å². The molecule has 2 aliphatic rings. The van der Waals surface area contributed by atoms with Gasteiger partial charge in [-0.1, -0.05) is 28.5 Å². The molecule has 2 aliphatic carbocycles. The molecule has 0 heterocycles. The van der Waals surface area contributed by atoms with Crippen molar-refractivity contribution in [2.75, 3.05) is 0 Å². The van der Waals surface area contributed by atoms with Gasteiger partial charge in [-0.25, -0.2) is 0 Å². The summed E-state index contributed by atoms with van der Waals surface area (Å²) in [5.74, 6) is 1.26. The SMILES string of the molecule is CC(C)=CCCC1=CCC2C(=NO)CCCC2C1. The van der Waals surface area contributed by atoms with Crippen molar-refractivity contribution >= 4 is 5.71 Å². The Morgan fingerprint density at radius 1 is 1.50 bits per heavy atom. The molecule has 100 valence electrons. The zero-order valence-electron chi connectivity index (χ0n) is 11.7. The van der Waals surface area contributed by atoms with Crippen LogP contribution in [0.1, 0.15) is 58.8 Å². The van der Waals surface area contributed by atoms with Crippen LogP contribution in [0.15, 0.2) is 28.5 Å². The van der Waals surface area contributed by atoms with Gasteiger partial charge in [0.05, 0.1) is 5.71 Å². The van der Waals surface area contributed by atoms with Crippen molar-refractivity contribution in [2.45, 2.75) is 58.8 Å². The lowest BCUT2D eigenvalue weighted by Gasteiger charge is -2.35. The van der Waals surface area contributed by atoms with Crippen LogP contribution in [0.2, 0.25) is 0 Å². The summed E-state index contributed by atoms with van der Waals surface area (Å²) >= 11 is 0. The largest absolute Gasteiger partial charge is 0.411 e. The van der Waals surface area contributed by atoms with Crippen LogP contribution in [0.4, 0.5) is 0 Å². The van der Waals surface area contributed by atoms with Crippen molar-refractivity contribution in [1.29, 1.82) is 0 Å². The van der Waals surface area contributed by atoms with Gasteiger partial charge in [-0.2, -0.15) is 0 Å². The number of nitrogens with zero attached hydrogens (tertiary/aromatic N) is 1. The van der Waals surface area contributed by atoms with Gasteiger partial charge in [0.15, 0.2) is 0 Å². The average Bonchev–Trinajstić information content (AvgIpc) is 2.37. The van der Waals surface area contributed by atoms with E-state index < -0.39 is 0 Å². The molecule has 2 rings (SSSR count). The van der Waals surface area contributed by atoms with Crippen LogP contribution in [0.25, 0.3) is 0 Å². The van der Waals surface area contributed by atoms with Crippen molar-refractivity contribution in [2.24, 2.45) is 17.0 Å². The van der Waals surface area contributed by atoms with Gasteiger partial charge in [-0.05, 0) is 64.7 Å². The molecule has 1 saturated carbocycles. The second kappa shape index (κ2) is 6.21. The Bertz CT molecular complexity index is 375. The zero-order chi connectivity index (χ0) is 13.0. The fourth-order valence-corrected chi connectivity index (χ4v) is 3.37. The minimum absolute atomic E-state index is 0.524. The van der Waals surface area contributed by atoms with E-state index in [1.807, 2.05) is 0 Å². The van der Waals surface area contributed by atoms with Crippen LogP contribution in [-0.4, -0.2) is 10.9 Å². The molecule has 0 bridgehead atoms. The third-order valence-corrected chi connectivity index (χ3v) is 4.34. The van der Waals surface area contributed by atoms with E-state index in [2.05, 4.69) is 31.2 Å². The maximum atomic E-state index is 9.06. The Balaban J connectivity index is 1.94. The van der Waals surface area contributed by atoms with Gasteiger partial charge in [0.25, 0.3) is 0 Å². The standard InChI is InChI=1S/C16H25NO/c1-12(2)5-3-6-13-9-10-15-14(11-13)7-4-8-16(15)17-18/h5,9,14-15,18H,3-4,6-8,10-11H2,1-2H3. The Morgan fingerprint density at radius 3 is 3.06 bits per heavy atom. The number of rotatable bonds is 3. The molecule has 1 N–H and O–H groups in total. The average molecular weight is 247 g/mol. The fraction of sp³-hybridized carbons (Fsp3) is 0.688. The van der Waals surface area contributed by atoms with Gasteiger partial charge in [0.2, 0.25) is 0 Å². The number of hydrogen-bond acceptors (Lipinski definition) is 2. The molecule has 0 aromatic rings. The smallest absolute Gasteiger partial charge is 0.0607 e. The summed E-state index contributed by atoms with van der Waals surface area (Å²) in [5, 5.41) is 12.6. The monoisotopic (exact) mass is 247 g/mol. The Morgan fingerprint density at radius 2 is 2.33 bits per heavy atom. The minimum Gasteiger partial charge on any atom is -0.411 e. The van der Waals surface area contributed by atoms with Crippen molar-refractivity contribution in [3.05, 3.63) is 23.3 Å². The summed E-state index contributed by atoms with van der Waals surface area (Å²) in [5.41, 5.74) is 4.08. The molecule has 0 radical (unpaired) electrons. The first kappa shape index (κ1) is 13.4. The lowest BCUT2D eigenvalue weighted by Crippen LogP contribution is -2.30. The molecule has 2 heteroatoms. The Labute approximate surface area is 110 Å². The van der Waals surface area contributed by atoms with Crippen LogP contribution >= 0.6 is 0 Å². The summed E-state index contributed by atoms with van der Waals surface area (Å²) in [6.45, 7) is 4.33. The molecule has 2 nitrogen and oxygen atoms in total. The highest BCUT2D eigenvalue weighted by Crippen LogP contribution is 2.39. The van der Waals surface area contributed by atoms with E-state index in [-0.39, 0.29) is 0 Å². The molecule has 0 aromatic heterocycles. The van der Waals surface area contributed by atoms with Crippen LogP contribution in [0.3, 0.4) is 0 Å². The van der Waals surface area contributed by atoms with E-state index in [1.54, 1.807) is 5.57 Å². The Kier molecular flexibility index (Phi) is 4.62.